The van der Waals surface area contributed by atoms with Crippen molar-refractivity contribution in [2.75, 3.05) is 11.9 Å². The molecule has 0 bridgehead atoms. The minimum Gasteiger partial charge on any atom is -0.370 e. The number of rotatable bonds is 9. The van der Waals surface area contributed by atoms with Gasteiger partial charge in [0.2, 0.25) is 0 Å². The van der Waals surface area contributed by atoms with E-state index in [0.29, 0.717) is 34.8 Å². The molecule has 9 nitrogen and oxygen atoms in total. The van der Waals surface area contributed by atoms with E-state index in [-0.39, 0.29) is 6.54 Å². The molecule has 2 amide bonds. The van der Waals surface area contributed by atoms with Gasteiger partial charge in [0, 0.05) is 18.1 Å². The van der Waals surface area contributed by atoms with E-state index in [1.807, 2.05) is 5.38 Å². The summed E-state index contributed by atoms with van der Waals surface area (Å²) in [5.41, 5.74) is 12.2. The molecule has 6 N–H and O–H groups in total. The molecule has 0 aliphatic rings. The Balaban J connectivity index is 1.93. The van der Waals surface area contributed by atoms with Crippen LogP contribution in [-0.2, 0) is 6.54 Å². The number of carbonyl (C=O) groups excluding carboxylic acids is 1. The minimum atomic E-state index is -0.602. The Labute approximate surface area is 156 Å². The molecule has 0 aliphatic carbocycles. The summed E-state index contributed by atoms with van der Waals surface area (Å²) >= 11 is 1.39. The first-order chi connectivity index (χ1) is 12.6. The van der Waals surface area contributed by atoms with E-state index in [0.717, 1.165) is 12.8 Å². The maximum atomic E-state index is 10.8. The molecule has 0 unspecified atom stereocenters. The van der Waals surface area contributed by atoms with Gasteiger partial charge in [0.1, 0.15) is 5.69 Å². The number of aromatic nitrogens is 3. The van der Waals surface area contributed by atoms with Gasteiger partial charge in [-0.25, -0.2) is 19.7 Å². The van der Waals surface area contributed by atoms with Gasteiger partial charge in [0.25, 0.3) is 0 Å². The Hall–Kier alpha value is -2.75. The van der Waals surface area contributed by atoms with E-state index < -0.39 is 6.03 Å². The van der Waals surface area contributed by atoms with Gasteiger partial charge in [-0.15, -0.1) is 11.3 Å². The van der Waals surface area contributed by atoms with Crippen molar-refractivity contribution >= 4 is 28.5 Å². The Bertz CT molecular complexity index is 745. The van der Waals surface area contributed by atoms with Crippen molar-refractivity contribution in [3.05, 3.63) is 23.3 Å². The van der Waals surface area contributed by atoms with Crippen molar-refractivity contribution in [1.29, 1.82) is 0 Å². The van der Waals surface area contributed by atoms with Gasteiger partial charge in [0.05, 0.1) is 12.2 Å². The maximum absolute atomic E-state index is 10.8. The van der Waals surface area contributed by atoms with Crippen LogP contribution in [0, 0.1) is 0 Å². The maximum Gasteiger partial charge on any atom is 0.312 e. The number of hydrogen-bond acceptors (Lipinski definition) is 6. The third-order valence-electron chi connectivity index (χ3n) is 3.42. The third-order valence-corrected chi connectivity index (χ3v) is 4.18. The second kappa shape index (κ2) is 10.3. The Morgan fingerprint density at radius 3 is 2.88 bits per heavy atom. The van der Waals surface area contributed by atoms with Gasteiger partial charge in [0.15, 0.2) is 16.9 Å². The minimum absolute atomic E-state index is 0.234. The highest BCUT2D eigenvalue weighted by Gasteiger charge is 2.09. The smallest absolute Gasteiger partial charge is 0.312 e. The zero-order valence-electron chi connectivity index (χ0n) is 14.7. The summed E-state index contributed by atoms with van der Waals surface area (Å²) in [6.45, 7) is 3.11. The van der Waals surface area contributed by atoms with Crippen molar-refractivity contribution in [2.45, 2.75) is 39.2 Å². The SMILES string of the molecule is CCCCCCN=C(N)Nc1nc(-c2nccc(CNC(N)=O)n2)cs1. The number of amides is 2. The largest absolute Gasteiger partial charge is 0.370 e. The molecule has 0 fully saturated rings. The fourth-order valence-electron chi connectivity index (χ4n) is 2.12. The van der Waals surface area contributed by atoms with Crippen molar-refractivity contribution in [3.8, 4) is 11.5 Å². The number of nitrogens with one attached hydrogen (secondary N) is 2. The van der Waals surface area contributed by atoms with Crippen LogP contribution in [0.15, 0.2) is 22.6 Å². The van der Waals surface area contributed by atoms with Crippen molar-refractivity contribution < 1.29 is 4.79 Å². The Morgan fingerprint density at radius 1 is 1.27 bits per heavy atom. The monoisotopic (exact) mass is 376 g/mol. The molecule has 10 heteroatoms. The number of anilines is 1. The number of urea groups is 1. The normalized spacial score (nSPS) is 11.3. The Morgan fingerprint density at radius 2 is 2.12 bits per heavy atom. The molecule has 0 spiro atoms. The lowest BCUT2D eigenvalue weighted by Gasteiger charge is -2.03. The number of nitrogens with two attached hydrogens (primary N) is 2. The van der Waals surface area contributed by atoms with Crippen molar-refractivity contribution in [3.63, 3.8) is 0 Å². The number of unbranched alkanes of at least 4 members (excludes halogenated alkanes) is 3. The van der Waals surface area contributed by atoms with Crippen LogP contribution in [0.3, 0.4) is 0 Å². The summed E-state index contributed by atoms with van der Waals surface area (Å²) < 4.78 is 0. The van der Waals surface area contributed by atoms with Crippen LogP contribution < -0.4 is 22.1 Å². The van der Waals surface area contributed by atoms with Gasteiger partial charge < -0.3 is 22.1 Å². The van der Waals surface area contributed by atoms with E-state index in [4.69, 9.17) is 11.5 Å². The van der Waals surface area contributed by atoms with E-state index >= 15 is 0 Å². The fourth-order valence-corrected chi connectivity index (χ4v) is 2.81. The van der Waals surface area contributed by atoms with Gasteiger partial charge in [-0.3, -0.25) is 4.99 Å². The highest BCUT2D eigenvalue weighted by atomic mass is 32.1. The van der Waals surface area contributed by atoms with E-state index in [1.54, 1.807) is 12.3 Å². The van der Waals surface area contributed by atoms with Crippen LogP contribution in [0.1, 0.15) is 38.3 Å². The molecular formula is C16H24N8OS. The molecule has 2 aromatic heterocycles. The quantitative estimate of drug-likeness (QED) is 0.299. The number of hydrogen-bond donors (Lipinski definition) is 4. The number of nitrogens with zero attached hydrogens (tertiary/aromatic N) is 4. The van der Waals surface area contributed by atoms with E-state index in [2.05, 4.69) is 37.5 Å². The molecule has 0 aromatic carbocycles. The standard InChI is InChI=1S/C16H24N8OS/c1-2-3-4-5-7-20-14(17)24-16-23-12(10-26-16)13-19-8-6-11(22-13)9-21-15(18)25/h6,8,10H,2-5,7,9H2,1H3,(H3,18,21,25)(H3,17,20,23,24). The molecule has 2 rings (SSSR count). The zero-order chi connectivity index (χ0) is 18.8. The number of thiazole rings is 1. The van der Waals surface area contributed by atoms with Crippen molar-refractivity contribution in [2.24, 2.45) is 16.5 Å². The number of guanidine groups is 1. The molecule has 26 heavy (non-hydrogen) atoms. The molecule has 0 saturated heterocycles. The van der Waals surface area contributed by atoms with Crippen LogP contribution in [-0.4, -0.2) is 33.5 Å². The average Bonchev–Trinajstić information content (AvgIpc) is 3.08. The Kier molecular flexibility index (Phi) is 7.75. The number of primary amides is 1. The molecule has 0 atom stereocenters. The van der Waals surface area contributed by atoms with Gasteiger partial charge in [-0.05, 0) is 12.5 Å². The van der Waals surface area contributed by atoms with Crippen LogP contribution in [0.4, 0.5) is 9.93 Å². The molecule has 2 heterocycles. The fraction of sp³-hybridized carbons (Fsp3) is 0.438. The summed E-state index contributed by atoms with van der Waals surface area (Å²) in [5, 5.41) is 7.93. The second-order valence-corrected chi connectivity index (χ2v) is 6.44. The van der Waals surface area contributed by atoms with Crippen LogP contribution in [0.5, 0.6) is 0 Å². The molecule has 0 saturated carbocycles. The van der Waals surface area contributed by atoms with Gasteiger partial charge in [-0.1, -0.05) is 26.2 Å². The summed E-state index contributed by atoms with van der Waals surface area (Å²) in [7, 11) is 0. The highest BCUT2D eigenvalue weighted by Crippen LogP contribution is 2.22. The predicted molar refractivity (Wildman–Crippen MR) is 104 cm³/mol. The lowest BCUT2D eigenvalue weighted by atomic mass is 10.2. The highest BCUT2D eigenvalue weighted by molar-refractivity contribution is 7.14. The lowest BCUT2D eigenvalue weighted by Crippen LogP contribution is -2.29. The van der Waals surface area contributed by atoms with E-state index in [1.165, 1.54) is 24.2 Å². The molecule has 0 aliphatic heterocycles. The van der Waals surface area contributed by atoms with Gasteiger partial charge >= 0.3 is 6.03 Å². The average molecular weight is 376 g/mol. The van der Waals surface area contributed by atoms with Gasteiger partial charge in [-0.2, -0.15) is 0 Å². The van der Waals surface area contributed by atoms with Crippen LogP contribution in [0.2, 0.25) is 0 Å². The summed E-state index contributed by atoms with van der Waals surface area (Å²) in [6.07, 6.45) is 6.21. The molecule has 140 valence electrons. The third kappa shape index (κ3) is 6.63. The predicted octanol–water partition coefficient (Wildman–Crippen LogP) is 2.08. The van der Waals surface area contributed by atoms with Crippen LogP contribution >= 0.6 is 11.3 Å². The lowest BCUT2D eigenvalue weighted by molar-refractivity contribution is 0.248. The summed E-state index contributed by atoms with van der Waals surface area (Å²) in [4.78, 5) is 28.1. The topological polar surface area (TPSA) is 144 Å². The first kappa shape index (κ1) is 19.6. The molecular weight excluding hydrogens is 352 g/mol. The number of aliphatic imine (C=N–C) groups is 1. The van der Waals surface area contributed by atoms with Crippen molar-refractivity contribution in [1.82, 2.24) is 20.3 Å². The second-order valence-electron chi connectivity index (χ2n) is 5.58. The first-order valence-corrected chi connectivity index (χ1v) is 9.34. The van der Waals surface area contributed by atoms with E-state index in [9.17, 15) is 4.79 Å². The zero-order valence-corrected chi connectivity index (χ0v) is 15.6. The summed E-state index contributed by atoms with van der Waals surface area (Å²) in [5.74, 6) is 0.816. The summed E-state index contributed by atoms with van der Waals surface area (Å²) in [6, 6.07) is 1.10. The van der Waals surface area contributed by atoms with Crippen LogP contribution in [0.25, 0.3) is 11.5 Å². The molecule has 0 radical (unpaired) electrons. The molecule has 2 aromatic rings. The first-order valence-electron chi connectivity index (χ1n) is 8.46. The number of carbonyl (C=O) groups is 1.